The van der Waals surface area contributed by atoms with Crippen LogP contribution in [0.5, 0.6) is 0 Å². The smallest absolute Gasteiger partial charge is 0.268 e. The summed E-state index contributed by atoms with van der Waals surface area (Å²) in [6, 6.07) is 19.6. The molecule has 0 atom stereocenters. The number of benzene rings is 2. The molecule has 1 aromatic heterocycles. The van der Waals surface area contributed by atoms with E-state index in [9.17, 15) is 14.4 Å². The van der Waals surface area contributed by atoms with E-state index >= 15 is 0 Å². The monoisotopic (exact) mass is 429 g/mol. The Labute approximate surface area is 185 Å². The van der Waals surface area contributed by atoms with Gasteiger partial charge in [0.25, 0.3) is 11.8 Å². The fourth-order valence-electron chi connectivity index (χ4n) is 3.49. The van der Waals surface area contributed by atoms with E-state index in [0.717, 1.165) is 17.7 Å². The molecule has 0 spiro atoms. The normalized spacial score (nSPS) is 13.8. The van der Waals surface area contributed by atoms with Gasteiger partial charge in [-0.25, -0.2) is 0 Å². The van der Waals surface area contributed by atoms with Gasteiger partial charge in [0.1, 0.15) is 11.5 Å². The molecule has 2 heterocycles. The number of furan rings is 1. The van der Waals surface area contributed by atoms with Crippen molar-refractivity contribution in [1.82, 2.24) is 10.6 Å². The van der Waals surface area contributed by atoms with E-state index in [1.165, 1.54) is 12.3 Å². The Morgan fingerprint density at radius 1 is 1.03 bits per heavy atom. The van der Waals surface area contributed by atoms with Crippen LogP contribution >= 0.6 is 0 Å². The van der Waals surface area contributed by atoms with Gasteiger partial charge in [0, 0.05) is 36.8 Å². The number of nitrogens with one attached hydrogen (secondary N) is 2. The Morgan fingerprint density at radius 2 is 1.88 bits per heavy atom. The van der Waals surface area contributed by atoms with Gasteiger partial charge in [0.2, 0.25) is 5.91 Å². The summed E-state index contributed by atoms with van der Waals surface area (Å²) in [5.41, 5.74) is 2.18. The number of carbonyl (C=O) groups excluding carboxylic acids is 3. The average molecular weight is 429 g/mol. The van der Waals surface area contributed by atoms with Crippen molar-refractivity contribution in [3.63, 3.8) is 0 Å². The standard InChI is InChI=1S/C25H23N3O4/c29-23-12-5-13-28(23)20-10-4-7-18(15-20)17-26-25(31)22(16-21-11-6-14-32-21)27-24(30)19-8-2-1-3-9-19/h1-4,6-11,14-16H,5,12-13,17H2,(H,26,31)(H,27,30)/b22-16-. The quantitative estimate of drug-likeness (QED) is 0.563. The summed E-state index contributed by atoms with van der Waals surface area (Å²) in [5.74, 6) is -0.294. The fourth-order valence-corrected chi connectivity index (χ4v) is 3.49. The van der Waals surface area contributed by atoms with Crippen LogP contribution in [0.2, 0.25) is 0 Å². The average Bonchev–Trinajstić information content (AvgIpc) is 3.49. The molecule has 7 heteroatoms. The lowest BCUT2D eigenvalue weighted by atomic mass is 10.1. The summed E-state index contributed by atoms with van der Waals surface area (Å²) in [7, 11) is 0. The van der Waals surface area contributed by atoms with Crippen LogP contribution in [0.15, 0.2) is 83.1 Å². The van der Waals surface area contributed by atoms with Crippen molar-refractivity contribution in [2.45, 2.75) is 19.4 Å². The number of anilines is 1. The molecule has 3 amide bonds. The van der Waals surface area contributed by atoms with Crippen molar-refractivity contribution >= 4 is 29.5 Å². The zero-order chi connectivity index (χ0) is 22.3. The second-order valence-corrected chi connectivity index (χ2v) is 7.40. The highest BCUT2D eigenvalue weighted by Crippen LogP contribution is 2.22. The molecular weight excluding hydrogens is 406 g/mol. The molecule has 7 nitrogen and oxygen atoms in total. The molecule has 3 aromatic rings. The summed E-state index contributed by atoms with van der Waals surface area (Å²) >= 11 is 0. The lowest BCUT2D eigenvalue weighted by Gasteiger charge is -2.17. The zero-order valence-electron chi connectivity index (χ0n) is 17.4. The van der Waals surface area contributed by atoms with Crippen LogP contribution < -0.4 is 15.5 Å². The van der Waals surface area contributed by atoms with Crippen molar-refractivity contribution in [2.75, 3.05) is 11.4 Å². The van der Waals surface area contributed by atoms with E-state index in [-0.39, 0.29) is 18.1 Å². The summed E-state index contributed by atoms with van der Waals surface area (Å²) < 4.78 is 5.30. The number of carbonyl (C=O) groups is 3. The van der Waals surface area contributed by atoms with Crippen LogP contribution in [-0.4, -0.2) is 24.3 Å². The van der Waals surface area contributed by atoms with Crippen LogP contribution in [0, 0.1) is 0 Å². The molecule has 0 unspecified atom stereocenters. The Bertz CT molecular complexity index is 1140. The zero-order valence-corrected chi connectivity index (χ0v) is 17.4. The van der Waals surface area contributed by atoms with Crippen molar-refractivity contribution in [2.24, 2.45) is 0 Å². The van der Waals surface area contributed by atoms with Crippen molar-refractivity contribution in [3.05, 3.63) is 95.6 Å². The van der Waals surface area contributed by atoms with Gasteiger partial charge in [-0.1, -0.05) is 30.3 Å². The van der Waals surface area contributed by atoms with Crippen LogP contribution in [0.1, 0.15) is 34.5 Å². The van der Waals surface area contributed by atoms with Crippen molar-refractivity contribution < 1.29 is 18.8 Å². The molecule has 1 aliphatic heterocycles. The highest BCUT2D eigenvalue weighted by Gasteiger charge is 2.22. The first-order valence-corrected chi connectivity index (χ1v) is 10.4. The Hall–Kier alpha value is -4.13. The van der Waals surface area contributed by atoms with Gasteiger partial charge in [-0.2, -0.15) is 0 Å². The Balaban J connectivity index is 1.47. The Kier molecular flexibility index (Phi) is 6.46. The molecule has 1 fully saturated rings. The minimum absolute atomic E-state index is 0.0691. The molecule has 0 saturated carbocycles. The molecule has 2 N–H and O–H groups in total. The van der Waals surface area contributed by atoms with Gasteiger partial charge < -0.3 is 20.0 Å². The first kappa shape index (κ1) is 21.1. The first-order chi connectivity index (χ1) is 15.6. The van der Waals surface area contributed by atoms with E-state index in [1.807, 2.05) is 30.3 Å². The van der Waals surface area contributed by atoms with Gasteiger partial charge in [-0.15, -0.1) is 0 Å². The number of hydrogen-bond donors (Lipinski definition) is 2. The molecule has 0 radical (unpaired) electrons. The number of hydrogen-bond acceptors (Lipinski definition) is 4. The molecule has 1 saturated heterocycles. The number of rotatable bonds is 7. The third kappa shape index (κ3) is 5.13. The third-order valence-corrected chi connectivity index (χ3v) is 5.11. The Morgan fingerprint density at radius 3 is 2.59 bits per heavy atom. The van der Waals surface area contributed by atoms with E-state index in [1.54, 1.807) is 41.3 Å². The lowest BCUT2D eigenvalue weighted by Crippen LogP contribution is -2.34. The molecule has 1 aliphatic rings. The second-order valence-electron chi connectivity index (χ2n) is 7.40. The predicted molar refractivity (Wildman–Crippen MR) is 120 cm³/mol. The highest BCUT2D eigenvalue weighted by molar-refractivity contribution is 6.05. The van der Waals surface area contributed by atoms with Crippen molar-refractivity contribution in [1.29, 1.82) is 0 Å². The summed E-state index contributed by atoms with van der Waals surface area (Å²) in [4.78, 5) is 39.3. The summed E-state index contributed by atoms with van der Waals surface area (Å²) in [6.45, 7) is 0.946. The predicted octanol–water partition coefficient (Wildman–Crippen LogP) is 3.49. The molecule has 4 rings (SSSR count). The van der Waals surface area contributed by atoms with Crippen LogP contribution in [-0.2, 0) is 16.1 Å². The maximum absolute atomic E-state index is 12.9. The van der Waals surface area contributed by atoms with Gasteiger partial charge in [0.15, 0.2) is 0 Å². The molecule has 162 valence electrons. The second kappa shape index (κ2) is 9.78. The van der Waals surface area contributed by atoms with Gasteiger partial charge >= 0.3 is 0 Å². The van der Waals surface area contributed by atoms with E-state index in [4.69, 9.17) is 4.42 Å². The number of amides is 3. The number of nitrogens with zero attached hydrogens (tertiary/aromatic N) is 1. The maximum atomic E-state index is 12.9. The van der Waals surface area contributed by atoms with Crippen LogP contribution in [0.25, 0.3) is 6.08 Å². The SMILES string of the molecule is O=C(NCc1cccc(N2CCCC2=O)c1)/C(=C/c1ccco1)NC(=O)c1ccccc1. The van der Waals surface area contributed by atoms with Crippen LogP contribution in [0.3, 0.4) is 0 Å². The highest BCUT2D eigenvalue weighted by atomic mass is 16.3. The third-order valence-electron chi connectivity index (χ3n) is 5.11. The molecule has 0 aliphatic carbocycles. The first-order valence-electron chi connectivity index (χ1n) is 10.4. The van der Waals surface area contributed by atoms with E-state index in [0.29, 0.717) is 24.3 Å². The minimum Gasteiger partial charge on any atom is -0.465 e. The topological polar surface area (TPSA) is 91.7 Å². The maximum Gasteiger partial charge on any atom is 0.268 e. The van der Waals surface area contributed by atoms with Crippen LogP contribution in [0.4, 0.5) is 5.69 Å². The van der Waals surface area contributed by atoms with Gasteiger partial charge in [-0.3, -0.25) is 14.4 Å². The van der Waals surface area contributed by atoms with Gasteiger partial charge in [0.05, 0.1) is 6.26 Å². The molecule has 32 heavy (non-hydrogen) atoms. The molecular formula is C25H23N3O4. The minimum atomic E-state index is -0.451. The summed E-state index contributed by atoms with van der Waals surface area (Å²) in [5, 5.41) is 5.50. The van der Waals surface area contributed by atoms with Crippen molar-refractivity contribution in [3.8, 4) is 0 Å². The van der Waals surface area contributed by atoms with E-state index < -0.39 is 11.8 Å². The summed E-state index contributed by atoms with van der Waals surface area (Å²) in [6.07, 6.45) is 4.38. The molecule has 2 aromatic carbocycles. The molecule has 0 bridgehead atoms. The largest absolute Gasteiger partial charge is 0.465 e. The van der Waals surface area contributed by atoms with Gasteiger partial charge in [-0.05, 0) is 48.4 Å². The van der Waals surface area contributed by atoms with E-state index in [2.05, 4.69) is 10.6 Å². The fraction of sp³-hybridized carbons (Fsp3) is 0.160. The lowest BCUT2D eigenvalue weighted by molar-refractivity contribution is -0.118.